The van der Waals surface area contributed by atoms with E-state index in [4.69, 9.17) is 11.6 Å². The van der Waals surface area contributed by atoms with Gasteiger partial charge in [0.1, 0.15) is 5.69 Å². The van der Waals surface area contributed by atoms with Gasteiger partial charge < -0.3 is 5.32 Å². The number of amides is 1. The molecule has 1 fully saturated rings. The number of carbonyl (C=O) groups is 1. The molecule has 2 rings (SSSR count). The number of H-pyrrole nitrogens is 1. The molecule has 0 radical (unpaired) electrons. The standard InChI is InChI=1S/C11H16ClN3O/c12-9-3-1-2-8(6-9)7-13-11(16)10-4-5-14-15-10/h4-5,8-9H,1-3,6-7H2,(H,13,16)(H,14,15). The molecule has 0 bridgehead atoms. The molecule has 1 aromatic rings. The average molecular weight is 242 g/mol. The topological polar surface area (TPSA) is 57.8 Å². The summed E-state index contributed by atoms with van der Waals surface area (Å²) in [5, 5.41) is 9.58. The third-order valence-corrected chi connectivity index (χ3v) is 3.41. The SMILES string of the molecule is O=C(NCC1CCCC(Cl)C1)c1ccn[nH]1. The van der Waals surface area contributed by atoms with Crippen LogP contribution in [-0.2, 0) is 0 Å². The first kappa shape index (κ1) is 11.5. The molecule has 0 aliphatic heterocycles. The van der Waals surface area contributed by atoms with Crippen molar-refractivity contribution < 1.29 is 4.79 Å². The van der Waals surface area contributed by atoms with E-state index in [9.17, 15) is 4.79 Å². The number of alkyl halides is 1. The van der Waals surface area contributed by atoms with E-state index < -0.39 is 0 Å². The van der Waals surface area contributed by atoms with Gasteiger partial charge in [-0.05, 0) is 31.2 Å². The van der Waals surface area contributed by atoms with Crippen molar-refractivity contribution in [3.8, 4) is 0 Å². The Morgan fingerprint density at radius 1 is 1.62 bits per heavy atom. The van der Waals surface area contributed by atoms with Gasteiger partial charge >= 0.3 is 0 Å². The Balaban J connectivity index is 1.77. The van der Waals surface area contributed by atoms with Crippen molar-refractivity contribution in [3.05, 3.63) is 18.0 Å². The Labute approximate surface area is 99.8 Å². The van der Waals surface area contributed by atoms with Crippen LogP contribution in [0.25, 0.3) is 0 Å². The fraction of sp³-hybridized carbons (Fsp3) is 0.636. The van der Waals surface area contributed by atoms with Crippen LogP contribution in [0.1, 0.15) is 36.2 Å². The lowest BCUT2D eigenvalue weighted by Crippen LogP contribution is -2.32. The molecule has 4 nitrogen and oxygen atoms in total. The van der Waals surface area contributed by atoms with Gasteiger partial charge in [0.05, 0.1) is 0 Å². The van der Waals surface area contributed by atoms with Crippen molar-refractivity contribution in [2.24, 2.45) is 5.92 Å². The largest absolute Gasteiger partial charge is 0.350 e. The summed E-state index contributed by atoms with van der Waals surface area (Å²) in [6.07, 6.45) is 6.01. The van der Waals surface area contributed by atoms with Crippen LogP contribution in [0.3, 0.4) is 0 Å². The minimum atomic E-state index is -0.0887. The monoisotopic (exact) mass is 241 g/mol. The number of aromatic amines is 1. The zero-order valence-corrected chi connectivity index (χ0v) is 9.83. The molecular formula is C11H16ClN3O. The summed E-state index contributed by atoms with van der Waals surface area (Å²) in [5.41, 5.74) is 0.512. The highest BCUT2D eigenvalue weighted by Crippen LogP contribution is 2.27. The van der Waals surface area contributed by atoms with Crippen LogP contribution in [0, 0.1) is 5.92 Å². The summed E-state index contributed by atoms with van der Waals surface area (Å²) in [4.78, 5) is 11.6. The van der Waals surface area contributed by atoms with E-state index >= 15 is 0 Å². The molecule has 88 valence electrons. The third-order valence-electron chi connectivity index (χ3n) is 3.02. The normalized spacial score (nSPS) is 25.3. The van der Waals surface area contributed by atoms with Gasteiger partial charge in [0.2, 0.25) is 0 Å². The first-order valence-corrected chi connectivity index (χ1v) is 6.11. The summed E-state index contributed by atoms with van der Waals surface area (Å²) < 4.78 is 0. The van der Waals surface area contributed by atoms with Crippen LogP contribution < -0.4 is 5.32 Å². The van der Waals surface area contributed by atoms with E-state index in [-0.39, 0.29) is 11.3 Å². The van der Waals surface area contributed by atoms with Gasteiger partial charge in [-0.25, -0.2) is 0 Å². The van der Waals surface area contributed by atoms with E-state index in [0.29, 0.717) is 18.2 Å². The molecule has 5 heteroatoms. The highest BCUT2D eigenvalue weighted by molar-refractivity contribution is 6.20. The van der Waals surface area contributed by atoms with E-state index in [0.717, 1.165) is 19.3 Å². The van der Waals surface area contributed by atoms with Crippen LogP contribution >= 0.6 is 11.6 Å². The molecule has 1 amide bonds. The molecule has 0 saturated heterocycles. The minimum Gasteiger partial charge on any atom is -0.350 e. The van der Waals surface area contributed by atoms with Crippen LogP contribution in [0.2, 0.25) is 0 Å². The fourth-order valence-corrected chi connectivity index (χ4v) is 2.53. The Morgan fingerprint density at radius 3 is 3.19 bits per heavy atom. The lowest BCUT2D eigenvalue weighted by Gasteiger charge is -2.25. The molecule has 1 aliphatic rings. The van der Waals surface area contributed by atoms with Crippen molar-refractivity contribution in [1.29, 1.82) is 0 Å². The number of carbonyl (C=O) groups excluding carboxylic acids is 1. The van der Waals surface area contributed by atoms with E-state index in [1.165, 1.54) is 6.42 Å². The van der Waals surface area contributed by atoms with Crippen molar-refractivity contribution >= 4 is 17.5 Å². The van der Waals surface area contributed by atoms with Gasteiger partial charge in [-0.2, -0.15) is 5.10 Å². The number of rotatable bonds is 3. The molecule has 2 N–H and O–H groups in total. The van der Waals surface area contributed by atoms with Gasteiger partial charge in [0.15, 0.2) is 0 Å². The zero-order valence-electron chi connectivity index (χ0n) is 9.08. The molecule has 0 spiro atoms. The first-order valence-electron chi connectivity index (χ1n) is 5.67. The lowest BCUT2D eigenvalue weighted by molar-refractivity contribution is 0.0938. The average Bonchev–Trinajstić information content (AvgIpc) is 2.79. The Hall–Kier alpha value is -1.03. The molecule has 2 unspecified atom stereocenters. The first-order chi connectivity index (χ1) is 7.75. The summed E-state index contributed by atoms with van der Waals surface area (Å²) in [5.74, 6) is 0.428. The second kappa shape index (κ2) is 5.34. The quantitative estimate of drug-likeness (QED) is 0.795. The Morgan fingerprint density at radius 2 is 2.50 bits per heavy atom. The molecular weight excluding hydrogens is 226 g/mol. The Bertz CT molecular complexity index is 339. The van der Waals surface area contributed by atoms with E-state index in [2.05, 4.69) is 15.5 Å². The second-order valence-corrected chi connectivity index (χ2v) is 4.93. The molecule has 1 saturated carbocycles. The van der Waals surface area contributed by atoms with Crippen LogP contribution in [0.4, 0.5) is 0 Å². The highest BCUT2D eigenvalue weighted by Gasteiger charge is 2.20. The molecule has 1 aromatic heterocycles. The molecule has 2 atom stereocenters. The number of halogens is 1. The third kappa shape index (κ3) is 2.98. The van der Waals surface area contributed by atoms with Gasteiger partial charge in [-0.1, -0.05) is 6.42 Å². The molecule has 1 aliphatic carbocycles. The number of aromatic nitrogens is 2. The number of hydrogen-bond donors (Lipinski definition) is 2. The molecule has 16 heavy (non-hydrogen) atoms. The number of nitrogens with one attached hydrogen (secondary N) is 2. The zero-order chi connectivity index (χ0) is 11.4. The van der Waals surface area contributed by atoms with E-state index in [1.807, 2.05) is 0 Å². The molecule has 0 aromatic carbocycles. The predicted molar refractivity (Wildman–Crippen MR) is 62.5 cm³/mol. The van der Waals surface area contributed by atoms with Gasteiger partial charge in [-0.3, -0.25) is 9.89 Å². The van der Waals surface area contributed by atoms with E-state index in [1.54, 1.807) is 12.3 Å². The van der Waals surface area contributed by atoms with Gasteiger partial charge in [-0.15, -0.1) is 11.6 Å². The van der Waals surface area contributed by atoms with Crippen LogP contribution in [0.5, 0.6) is 0 Å². The number of nitrogens with zero attached hydrogens (tertiary/aromatic N) is 1. The maximum Gasteiger partial charge on any atom is 0.269 e. The maximum atomic E-state index is 11.6. The number of hydrogen-bond acceptors (Lipinski definition) is 2. The maximum absolute atomic E-state index is 11.6. The van der Waals surface area contributed by atoms with Crippen LogP contribution in [0.15, 0.2) is 12.3 Å². The Kier molecular flexibility index (Phi) is 3.83. The lowest BCUT2D eigenvalue weighted by atomic mass is 9.89. The summed E-state index contributed by atoms with van der Waals surface area (Å²) >= 11 is 6.10. The smallest absolute Gasteiger partial charge is 0.269 e. The fourth-order valence-electron chi connectivity index (χ4n) is 2.13. The second-order valence-electron chi connectivity index (χ2n) is 4.31. The summed E-state index contributed by atoms with van der Waals surface area (Å²) in [6.45, 7) is 0.709. The summed E-state index contributed by atoms with van der Waals surface area (Å²) in [7, 11) is 0. The van der Waals surface area contributed by atoms with Crippen molar-refractivity contribution in [3.63, 3.8) is 0 Å². The minimum absolute atomic E-state index is 0.0887. The predicted octanol–water partition coefficient (Wildman–Crippen LogP) is 1.94. The van der Waals surface area contributed by atoms with Crippen molar-refractivity contribution in [1.82, 2.24) is 15.5 Å². The van der Waals surface area contributed by atoms with Crippen molar-refractivity contribution in [2.75, 3.05) is 6.54 Å². The summed E-state index contributed by atoms with van der Waals surface area (Å²) in [6, 6.07) is 1.67. The highest BCUT2D eigenvalue weighted by atomic mass is 35.5. The van der Waals surface area contributed by atoms with Crippen LogP contribution in [-0.4, -0.2) is 28.0 Å². The van der Waals surface area contributed by atoms with Gasteiger partial charge in [0, 0.05) is 18.1 Å². The molecule has 1 heterocycles. The van der Waals surface area contributed by atoms with Crippen molar-refractivity contribution in [2.45, 2.75) is 31.1 Å². The van der Waals surface area contributed by atoms with Gasteiger partial charge in [0.25, 0.3) is 5.91 Å².